The van der Waals surface area contributed by atoms with Crippen LogP contribution >= 0.6 is 11.8 Å². The maximum atomic E-state index is 12.3. The molecule has 1 amide bonds. The number of amides is 1. The van der Waals surface area contributed by atoms with Crippen molar-refractivity contribution in [2.45, 2.75) is 57.5 Å². The molecule has 0 bridgehead atoms. The summed E-state index contributed by atoms with van der Waals surface area (Å²) in [5, 5.41) is 14.6. The quantitative estimate of drug-likeness (QED) is 0.252. The largest absolute Gasteiger partial charge is 0.507 e. The zero-order valence-corrected chi connectivity index (χ0v) is 20.6. The van der Waals surface area contributed by atoms with E-state index in [0.29, 0.717) is 12.3 Å². The number of nitrogens with zero attached hydrogens (tertiary/aromatic N) is 1. The fourth-order valence-corrected chi connectivity index (χ4v) is 4.19. The fourth-order valence-electron chi connectivity index (χ4n) is 3.45. The molecule has 3 rings (SSSR count). The van der Waals surface area contributed by atoms with Gasteiger partial charge in [-0.1, -0.05) is 65.4 Å². The van der Waals surface area contributed by atoms with Gasteiger partial charge in [0.2, 0.25) is 5.91 Å². The van der Waals surface area contributed by atoms with Crippen LogP contribution in [0.1, 0.15) is 58.2 Å². The number of para-hydroxylation sites is 2. The van der Waals surface area contributed by atoms with Crippen LogP contribution in [-0.2, 0) is 15.6 Å². The molecule has 0 saturated heterocycles. The molecule has 3 aromatic rings. The Balaban J connectivity index is 1.61. The van der Waals surface area contributed by atoms with Gasteiger partial charge >= 0.3 is 0 Å². The number of benzene rings is 2. The third-order valence-corrected chi connectivity index (χ3v) is 6.06. The van der Waals surface area contributed by atoms with E-state index in [9.17, 15) is 9.90 Å². The first-order valence-corrected chi connectivity index (χ1v) is 11.8. The molecule has 5 nitrogen and oxygen atoms in total. The molecule has 1 aromatic heterocycles. The summed E-state index contributed by atoms with van der Waals surface area (Å²) in [7, 11) is 0. The average Bonchev–Trinajstić information content (AvgIpc) is 3.11. The molecule has 170 valence electrons. The molecule has 2 aromatic carbocycles. The van der Waals surface area contributed by atoms with E-state index in [2.05, 4.69) is 56.8 Å². The number of hydrogen-bond donors (Lipinski definition) is 3. The van der Waals surface area contributed by atoms with E-state index in [1.54, 1.807) is 17.8 Å². The second kappa shape index (κ2) is 9.41. The highest BCUT2D eigenvalue weighted by Gasteiger charge is 2.26. The normalized spacial score (nSPS) is 12.6. The van der Waals surface area contributed by atoms with Gasteiger partial charge in [0.25, 0.3) is 0 Å². The van der Waals surface area contributed by atoms with Gasteiger partial charge < -0.3 is 15.4 Å². The van der Waals surface area contributed by atoms with Crippen LogP contribution in [0.4, 0.5) is 0 Å². The van der Waals surface area contributed by atoms with Crippen molar-refractivity contribution in [1.82, 2.24) is 15.3 Å². The lowest BCUT2D eigenvalue weighted by Crippen LogP contribution is -2.23. The van der Waals surface area contributed by atoms with E-state index in [-0.39, 0.29) is 16.7 Å². The van der Waals surface area contributed by atoms with Gasteiger partial charge in [0.1, 0.15) is 5.75 Å². The highest BCUT2D eigenvalue weighted by atomic mass is 32.2. The average molecular weight is 452 g/mol. The number of fused-ring (bicyclic) bond motifs is 1. The lowest BCUT2D eigenvalue weighted by atomic mass is 9.78. The Labute approximate surface area is 194 Å². The van der Waals surface area contributed by atoms with Crippen LogP contribution in [0.3, 0.4) is 0 Å². The summed E-state index contributed by atoms with van der Waals surface area (Å²) in [4.78, 5) is 20.1. The molecule has 0 spiro atoms. The van der Waals surface area contributed by atoms with E-state index >= 15 is 0 Å². The second-order valence-electron chi connectivity index (χ2n) is 10.00. The van der Waals surface area contributed by atoms with Gasteiger partial charge in [-0.15, -0.1) is 0 Å². The number of rotatable bonds is 6. The summed E-state index contributed by atoms with van der Waals surface area (Å²) in [6.45, 7) is 13.0. The van der Waals surface area contributed by atoms with E-state index in [1.807, 2.05) is 42.5 Å². The Hall–Kier alpha value is -2.73. The third-order valence-electron chi connectivity index (χ3n) is 5.18. The summed E-state index contributed by atoms with van der Waals surface area (Å²) >= 11 is 1.58. The summed E-state index contributed by atoms with van der Waals surface area (Å²) in [5.74, 6) is 0.924. The SMILES string of the molecule is CC(C)(C)c1cc(/C=C/C(=O)NCCSc2nc3ccccc3[nH]2)cc(C(C)(C)C)c1O. The number of nitrogens with one attached hydrogen (secondary N) is 2. The molecule has 1 heterocycles. The fraction of sp³-hybridized carbons (Fsp3) is 0.385. The number of aromatic amines is 1. The van der Waals surface area contributed by atoms with Crippen molar-refractivity contribution < 1.29 is 9.90 Å². The van der Waals surface area contributed by atoms with Crippen molar-refractivity contribution in [2.75, 3.05) is 12.3 Å². The minimum absolute atomic E-state index is 0.141. The minimum Gasteiger partial charge on any atom is -0.507 e. The van der Waals surface area contributed by atoms with Gasteiger partial charge in [0.05, 0.1) is 11.0 Å². The van der Waals surface area contributed by atoms with Crippen molar-refractivity contribution in [2.24, 2.45) is 0 Å². The number of thioether (sulfide) groups is 1. The maximum absolute atomic E-state index is 12.3. The molecule has 0 aliphatic rings. The minimum atomic E-state index is -0.204. The molecule has 0 aliphatic heterocycles. The van der Waals surface area contributed by atoms with E-state index in [1.165, 1.54) is 0 Å². The molecular weight excluding hydrogens is 418 g/mol. The van der Waals surface area contributed by atoms with Crippen LogP contribution in [0.5, 0.6) is 5.75 Å². The second-order valence-corrected chi connectivity index (χ2v) is 11.1. The molecule has 3 N–H and O–H groups in total. The van der Waals surface area contributed by atoms with Crippen LogP contribution in [0, 0.1) is 0 Å². The molecule has 0 radical (unpaired) electrons. The lowest BCUT2D eigenvalue weighted by Gasteiger charge is -2.27. The predicted molar refractivity (Wildman–Crippen MR) is 134 cm³/mol. The van der Waals surface area contributed by atoms with Gasteiger partial charge in [-0.05, 0) is 46.7 Å². The number of phenolic OH excluding ortho intramolecular Hbond substituents is 1. The van der Waals surface area contributed by atoms with Gasteiger partial charge in [-0.2, -0.15) is 0 Å². The van der Waals surface area contributed by atoms with Crippen molar-refractivity contribution >= 4 is 34.8 Å². The first kappa shape index (κ1) is 23.9. The first-order valence-electron chi connectivity index (χ1n) is 10.9. The summed E-state index contributed by atoms with van der Waals surface area (Å²) < 4.78 is 0. The maximum Gasteiger partial charge on any atom is 0.244 e. The van der Waals surface area contributed by atoms with Crippen LogP contribution < -0.4 is 5.32 Å². The van der Waals surface area contributed by atoms with E-state index < -0.39 is 0 Å². The zero-order chi connectivity index (χ0) is 23.5. The molecule has 6 heteroatoms. The van der Waals surface area contributed by atoms with Gasteiger partial charge in [0, 0.05) is 29.5 Å². The third kappa shape index (κ3) is 5.94. The highest BCUT2D eigenvalue weighted by molar-refractivity contribution is 7.99. The topological polar surface area (TPSA) is 78.0 Å². The number of aromatic nitrogens is 2. The Morgan fingerprint density at radius 3 is 2.31 bits per heavy atom. The van der Waals surface area contributed by atoms with Gasteiger partial charge in [0.15, 0.2) is 5.16 Å². The Morgan fingerprint density at radius 2 is 1.72 bits per heavy atom. The molecule has 0 aliphatic carbocycles. The van der Waals surface area contributed by atoms with Crippen molar-refractivity contribution in [3.63, 3.8) is 0 Å². The van der Waals surface area contributed by atoms with Gasteiger partial charge in [-0.25, -0.2) is 4.98 Å². The Kier molecular flexibility index (Phi) is 7.03. The Morgan fingerprint density at radius 1 is 1.09 bits per heavy atom. The van der Waals surface area contributed by atoms with Gasteiger partial charge in [-0.3, -0.25) is 4.79 Å². The number of phenols is 1. The number of H-pyrrole nitrogens is 1. The molecule has 32 heavy (non-hydrogen) atoms. The molecule has 0 unspecified atom stereocenters. The molecule has 0 saturated carbocycles. The monoisotopic (exact) mass is 451 g/mol. The van der Waals surface area contributed by atoms with Crippen LogP contribution in [0.15, 0.2) is 47.6 Å². The van der Waals surface area contributed by atoms with Crippen molar-refractivity contribution in [3.05, 3.63) is 59.2 Å². The van der Waals surface area contributed by atoms with Crippen molar-refractivity contribution in [3.8, 4) is 5.75 Å². The zero-order valence-electron chi connectivity index (χ0n) is 19.7. The smallest absolute Gasteiger partial charge is 0.244 e. The standard InChI is InChI=1S/C26H33N3O2S/c1-25(2,3)18-15-17(16-19(23(18)31)26(4,5)6)11-12-22(30)27-13-14-32-24-28-20-9-7-8-10-21(20)29-24/h7-12,15-16,31H,13-14H2,1-6H3,(H,27,30)(H,28,29)/b12-11+. The molecule has 0 atom stereocenters. The summed E-state index contributed by atoms with van der Waals surface area (Å²) in [6, 6.07) is 11.8. The van der Waals surface area contributed by atoms with E-state index in [4.69, 9.17) is 0 Å². The molecular formula is C26H33N3O2S. The number of carbonyl (C=O) groups is 1. The number of aromatic hydroxyl groups is 1. The lowest BCUT2D eigenvalue weighted by molar-refractivity contribution is -0.116. The molecule has 0 fully saturated rings. The van der Waals surface area contributed by atoms with Crippen LogP contribution in [0.2, 0.25) is 0 Å². The Bertz CT molecular complexity index is 1070. The van der Waals surface area contributed by atoms with Crippen LogP contribution in [0.25, 0.3) is 17.1 Å². The summed E-state index contributed by atoms with van der Waals surface area (Å²) in [6.07, 6.45) is 3.36. The van der Waals surface area contributed by atoms with E-state index in [0.717, 1.165) is 38.6 Å². The summed E-state index contributed by atoms with van der Waals surface area (Å²) in [5.41, 5.74) is 4.22. The first-order chi connectivity index (χ1) is 14.9. The van der Waals surface area contributed by atoms with Crippen molar-refractivity contribution in [1.29, 1.82) is 0 Å². The number of carbonyl (C=O) groups excluding carboxylic acids is 1. The predicted octanol–water partition coefficient (Wildman–Crippen LogP) is 5.79. The number of imidazole rings is 1. The van der Waals surface area contributed by atoms with Crippen LogP contribution in [-0.4, -0.2) is 33.3 Å². The number of hydrogen-bond acceptors (Lipinski definition) is 4. The highest BCUT2D eigenvalue weighted by Crippen LogP contribution is 2.40.